The number of hydrogen-bond acceptors (Lipinski definition) is 4. The van der Waals surface area contributed by atoms with Crippen molar-refractivity contribution >= 4 is 11.9 Å². The van der Waals surface area contributed by atoms with Crippen LogP contribution < -0.4 is 4.90 Å². The number of anilines is 1. The molecule has 0 unspecified atom stereocenters. The summed E-state index contributed by atoms with van der Waals surface area (Å²) in [6.07, 6.45) is 4.27. The summed E-state index contributed by atoms with van der Waals surface area (Å²) in [4.78, 5) is 21.5. The molecular weight excluding hydrogens is 302 g/mol. The standard InChI is InChI=1S/C19H29N3O2/c1-14-15(9-10-17(20-14)21-11-5-6-12-21)16-8-7-13-22(16)18(23)24-19(2,3)4/h9-10,16H,5-8,11-13H2,1-4H3/t16-/m0/s1. The molecule has 3 rings (SSSR count). The zero-order valence-corrected chi connectivity index (χ0v) is 15.3. The smallest absolute Gasteiger partial charge is 0.410 e. The molecular formula is C19H29N3O2. The molecule has 2 saturated heterocycles. The van der Waals surface area contributed by atoms with Gasteiger partial charge in [0.2, 0.25) is 0 Å². The van der Waals surface area contributed by atoms with Gasteiger partial charge in [-0.25, -0.2) is 9.78 Å². The molecule has 0 N–H and O–H groups in total. The summed E-state index contributed by atoms with van der Waals surface area (Å²) in [6.45, 7) is 10.7. The van der Waals surface area contributed by atoms with E-state index in [1.165, 1.54) is 12.8 Å². The lowest BCUT2D eigenvalue weighted by Gasteiger charge is -2.29. The van der Waals surface area contributed by atoms with Crippen LogP contribution in [0.4, 0.5) is 10.6 Å². The lowest BCUT2D eigenvalue weighted by atomic mass is 10.0. The van der Waals surface area contributed by atoms with Gasteiger partial charge < -0.3 is 14.5 Å². The first kappa shape index (κ1) is 17.1. The largest absolute Gasteiger partial charge is 0.444 e. The molecule has 0 radical (unpaired) electrons. The predicted octanol–water partition coefficient (Wildman–Crippen LogP) is 4.06. The van der Waals surface area contributed by atoms with Crippen molar-refractivity contribution in [1.29, 1.82) is 0 Å². The molecule has 132 valence electrons. The first-order valence-corrected chi connectivity index (χ1v) is 9.07. The van der Waals surface area contributed by atoms with Crippen molar-refractivity contribution in [1.82, 2.24) is 9.88 Å². The first-order valence-electron chi connectivity index (χ1n) is 9.07. The Bertz CT molecular complexity index is 603. The number of ether oxygens (including phenoxy) is 1. The number of pyridine rings is 1. The van der Waals surface area contributed by atoms with Gasteiger partial charge in [-0.05, 0) is 65.0 Å². The van der Waals surface area contributed by atoms with Gasteiger partial charge in [0, 0.05) is 25.3 Å². The van der Waals surface area contributed by atoms with E-state index in [0.29, 0.717) is 0 Å². The van der Waals surface area contributed by atoms with E-state index in [0.717, 1.165) is 49.6 Å². The maximum Gasteiger partial charge on any atom is 0.410 e. The number of aromatic nitrogens is 1. The molecule has 1 aromatic heterocycles. The SMILES string of the molecule is Cc1nc(N2CCCC2)ccc1[C@@H]1CCCN1C(=O)OC(C)(C)C. The molecule has 0 bridgehead atoms. The lowest BCUT2D eigenvalue weighted by Crippen LogP contribution is -2.36. The van der Waals surface area contributed by atoms with Crippen LogP contribution in [-0.4, -0.2) is 41.2 Å². The maximum atomic E-state index is 12.5. The normalized spacial score (nSPS) is 21.4. The van der Waals surface area contributed by atoms with Gasteiger partial charge >= 0.3 is 6.09 Å². The molecule has 0 aliphatic carbocycles. The summed E-state index contributed by atoms with van der Waals surface area (Å²) < 4.78 is 5.58. The Morgan fingerprint density at radius 2 is 1.88 bits per heavy atom. The van der Waals surface area contributed by atoms with E-state index in [-0.39, 0.29) is 12.1 Å². The second-order valence-corrected chi connectivity index (χ2v) is 7.87. The van der Waals surface area contributed by atoms with E-state index in [1.807, 2.05) is 25.7 Å². The van der Waals surface area contributed by atoms with E-state index in [9.17, 15) is 4.79 Å². The van der Waals surface area contributed by atoms with Crippen molar-refractivity contribution in [2.45, 2.75) is 65.0 Å². The lowest BCUT2D eigenvalue weighted by molar-refractivity contribution is 0.0224. The summed E-state index contributed by atoms with van der Waals surface area (Å²) >= 11 is 0. The van der Waals surface area contributed by atoms with Crippen LogP contribution in [0, 0.1) is 6.92 Å². The minimum absolute atomic E-state index is 0.0833. The van der Waals surface area contributed by atoms with Crippen molar-refractivity contribution in [2.75, 3.05) is 24.5 Å². The Balaban J connectivity index is 1.78. The molecule has 5 heteroatoms. The Kier molecular flexibility index (Phi) is 4.70. The van der Waals surface area contributed by atoms with Crippen molar-refractivity contribution < 1.29 is 9.53 Å². The third kappa shape index (κ3) is 3.65. The maximum absolute atomic E-state index is 12.5. The predicted molar refractivity (Wildman–Crippen MR) is 95.3 cm³/mol. The number of likely N-dealkylation sites (tertiary alicyclic amines) is 1. The van der Waals surface area contributed by atoms with Crippen LogP contribution in [0.3, 0.4) is 0 Å². The Morgan fingerprint density at radius 1 is 1.17 bits per heavy atom. The number of amides is 1. The highest BCUT2D eigenvalue weighted by molar-refractivity contribution is 5.69. The van der Waals surface area contributed by atoms with E-state index in [2.05, 4.69) is 24.0 Å². The third-order valence-electron chi connectivity index (χ3n) is 4.78. The van der Waals surface area contributed by atoms with Crippen molar-refractivity contribution in [3.63, 3.8) is 0 Å². The minimum atomic E-state index is -0.461. The molecule has 1 amide bonds. The summed E-state index contributed by atoms with van der Waals surface area (Å²) in [7, 11) is 0. The molecule has 3 heterocycles. The van der Waals surface area contributed by atoms with Gasteiger partial charge in [-0.3, -0.25) is 0 Å². The minimum Gasteiger partial charge on any atom is -0.444 e. The summed E-state index contributed by atoms with van der Waals surface area (Å²) in [6, 6.07) is 4.35. The highest BCUT2D eigenvalue weighted by atomic mass is 16.6. The molecule has 5 nitrogen and oxygen atoms in total. The fraction of sp³-hybridized carbons (Fsp3) is 0.684. The van der Waals surface area contributed by atoms with Crippen LogP contribution in [0.25, 0.3) is 0 Å². The topological polar surface area (TPSA) is 45.7 Å². The summed E-state index contributed by atoms with van der Waals surface area (Å²) in [5.41, 5.74) is 1.72. The molecule has 0 aromatic carbocycles. The Morgan fingerprint density at radius 3 is 2.50 bits per heavy atom. The first-order chi connectivity index (χ1) is 11.3. The second kappa shape index (κ2) is 6.61. The fourth-order valence-electron chi connectivity index (χ4n) is 3.66. The van der Waals surface area contributed by atoms with Crippen molar-refractivity contribution in [3.8, 4) is 0 Å². The van der Waals surface area contributed by atoms with Crippen molar-refractivity contribution in [3.05, 3.63) is 23.4 Å². The zero-order chi connectivity index (χ0) is 17.3. The number of hydrogen-bond donors (Lipinski definition) is 0. The van der Waals surface area contributed by atoms with Gasteiger partial charge in [0.15, 0.2) is 0 Å². The van der Waals surface area contributed by atoms with Gasteiger partial charge in [-0.15, -0.1) is 0 Å². The van der Waals surface area contributed by atoms with Crippen LogP contribution in [-0.2, 0) is 4.74 Å². The monoisotopic (exact) mass is 331 g/mol. The van der Waals surface area contributed by atoms with Gasteiger partial charge in [-0.1, -0.05) is 6.07 Å². The average Bonchev–Trinajstić information content (AvgIpc) is 3.17. The third-order valence-corrected chi connectivity index (χ3v) is 4.78. The van der Waals surface area contributed by atoms with E-state index in [1.54, 1.807) is 0 Å². The Hall–Kier alpha value is -1.78. The highest BCUT2D eigenvalue weighted by Crippen LogP contribution is 2.35. The number of rotatable bonds is 2. The second-order valence-electron chi connectivity index (χ2n) is 7.87. The quantitative estimate of drug-likeness (QED) is 0.820. The number of nitrogens with zero attached hydrogens (tertiary/aromatic N) is 3. The molecule has 2 fully saturated rings. The van der Waals surface area contributed by atoms with Crippen LogP contribution in [0.1, 0.15) is 63.8 Å². The van der Waals surface area contributed by atoms with Gasteiger partial charge in [0.25, 0.3) is 0 Å². The molecule has 0 saturated carbocycles. The van der Waals surface area contributed by atoms with E-state index < -0.39 is 5.60 Å². The van der Waals surface area contributed by atoms with Gasteiger partial charge in [0.05, 0.1) is 6.04 Å². The zero-order valence-electron chi connectivity index (χ0n) is 15.3. The van der Waals surface area contributed by atoms with Crippen LogP contribution in [0.5, 0.6) is 0 Å². The van der Waals surface area contributed by atoms with Crippen LogP contribution in [0.15, 0.2) is 12.1 Å². The van der Waals surface area contributed by atoms with Gasteiger partial charge in [0.1, 0.15) is 11.4 Å². The number of carbonyl (C=O) groups excluding carboxylic acids is 1. The number of carbonyl (C=O) groups is 1. The molecule has 1 aromatic rings. The summed E-state index contributed by atoms with van der Waals surface area (Å²) in [5, 5.41) is 0. The number of aryl methyl sites for hydroxylation is 1. The van der Waals surface area contributed by atoms with E-state index >= 15 is 0 Å². The molecule has 24 heavy (non-hydrogen) atoms. The Labute approximate surface area is 145 Å². The average molecular weight is 331 g/mol. The fourth-order valence-corrected chi connectivity index (χ4v) is 3.66. The van der Waals surface area contributed by atoms with Gasteiger partial charge in [-0.2, -0.15) is 0 Å². The molecule has 2 aliphatic heterocycles. The van der Waals surface area contributed by atoms with Crippen LogP contribution >= 0.6 is 0 Å². The van der Waals surface area contributed by atoms with E-state index in [4.69, 9.17) is 9.72 Å². The van der Waals surface area contributed by atoms with Crippen LogP contribution in [0.2, 0.25) is 0 Å². The highest BCUT2D eigenvalue weighted by Gasteiger charge is 2.34. The summed E-state index contributed by atoms with van der Waals surface area (Å²) in [5.74, 6) is 1.07. The molecule has 1 atom stereocenters. The molecule has 0 spiro atoms. The van der Waals surface area contributed by atoms with Crippen molar-refractivity contribution in [2.24, 2.45) is 0 Å². The molecule has 2 aliphatic rings.